The molecule has 2 aromatic heterocycles. The Labute approximate surface area is 141 Å². The van der Waals surface area contributed by atoms with E-state index in [9.17, 15) is 9.59 Å². The number of nitrogens with one attached hydrogen (secondary N) is 2. The number of hydrogen-bond acceptors (Lipinski definition) is 4. The topological polar surface area (TPSA) is 84.0 Å². The van der Waals surface area contributed by atoms with Crippen LogP contribution >= 0.6 is 0 Å². The van der Waals surface area contributed by atoms with Crippen LogP contribution in [0.4, 0.5) is 0 Å². The van der Waals surface area contributed by atoms with Gasteiger partial charge in [0, 0.05) is 37.2 Å². The number of nitrogens with zero attached hydrogens (tertiary/aromatic N) is 2. The van der Waals surface area contributed by atoms with Crippen molar-refractivity contribution in [2.24, 2.45) is 0 Å². The number of pyridine rings is 2. The predicted molar refractivity (Wildman–Crippen MR) is 91.5 cm³/mol. The van der Waals surface area contributed by atoms with Crippen LogP contribution in [0.2, 0.25) is 0 Å². The van der Waals surface area contributed by atoms with E-state index < -0.39 is 0 Å². The van der Waals surface area contributed by atoms with Gasteiger partial charge in [0.1, 0.15) is 5.69 Å². The van der Waals surface area contributed by atoms with E-state index in [1.807, 2.05) is 12.1 Å². The SMILES string of the molecule is CCCCCNC(=O)c1ccnc(C(=O)NCc2cccnc2)c1. The molecule has 6 heteroatoms. The minimum absolute atomic E-state index is 0.185. The summed E-state index contributed by atoms with van der Waals surface area (Å²) in [5.74, 6) is -0.505. The molecule has 126 valence electrons. The summed E-state index contributed by atoms with van der Waals surface area (Å²) in [5.41, 5.74) is 1.56. The van der Waals surface area contributed by atoms with Crippen LogP contribution in [0.15, 0.2) is 42.9 Å². The third-order valence-corrected chi connectivity index (χ3v) is 3.50. The van der Waals surface area contributed by atoms with Crippen molar-refractivity contribution in [1.29, 1.82) is 0 Å². The zero-order valence-corrected chi connectivity index (χ0v) is 13.8. The summed E-state index contributed by atoms with van der Waals surface area (Å²) in [7, 11) is 0. The van der Waals surface area contributed by atoms with Crippen molar-refractivity contribution in [2.75, 3.05) is 6.54 Å². The molecule has 0 fully saturated rings. The highest BCUT2D eigenvalue weighted by Crippen LogP contribution is 2.03. The third kappa shape index (κ3) is 5.46. The number of aromatic nitrogens is 2. The van der Waals surface area contributed by atoms with Crippen molar-refractivity contribution < 1.29 is 9.59 Å². The van der Waals surface area contributed by atoms with Crippen molar-refractivity contribution in [1.82, 2.24) is 20.6 Å². The van der Waals surface area contributed by atoms with E-state index in [4.69, 9.17) is 0 Å². The molecule has 2 aromatic rings. The number of rotatable bonds is 8. The lowest BCUT2D eigenvalue weighted by Crippen LogP contribution is -2.27. The molecular formula is C18H22N4O2. The van der Waals surface area contributed by atoms with E-state index in [2.05, 4.69) is 27.5 Å². The molecule has 0 radical (unpaired) electrons. The maximum absolute atomic E-state index is 12.2. The van der Waals surface area contributed by atoms with Gasteiger partial charge in [0.05, 0.1) is 0 Å². The standard InChI is InChI=1S/C18H22N4O2/c1-2-3-4-9-21-17(23)15-7-10-20-16(11-15)18(24)22-13-14-6-5-8-19-12-14/h5-8,10-12H,2-4,9,13H2,1H3,(H,21,23)(H,22,24). The van der Waals surface area contributed by atoms with Crippen molar-refractivity contribution >= 4 is 11.8 Å². The largest absolute Gasteiger partial charge is 0.352 e. The normalized spacial score (nSPS) is 10.2. The van der Waals surface area contributed by atoms with E-state index in [-0.39, 0.29) is 17.5 Å². The molecule has 2 heterocycles. The van der Waals surface area contributed by atoms with Crippen LogP contribution < -0.4 is 10.6 Å². The molecule has 2 N–H and O–H groups in total. The van der Waals surface area contributed by atoms with Crippen LogP contribution in [0.1, 0.15) is 52.6 Å². The molecule has 0 saturated heterocycles. The van der Waals surface area contributed by atoms with E-state index in [1.54, 1.807) is 18.5 Å². The van der Waals surface area contributed by atoms with Gasteiger partial charge in [-0.15, -0.1) is 0 Å². The first-order chi connectivity index (χ1) is 11.7. The Kier molecular flexibility index (Phi) is 6.89. The average molecular weight is 326 g/mol. The van der Waals surface area contributed by atoms with E-state index >= 15 is 0 Å². The van der Waals surface area contributed by atoms with Gasteiger partial charge >= 0.3 is 0 Å². The summed E-state index contributed by atoms with van der Waals surface area (Å²) in [6.07, 6.45) is 7.97. The minimum atomic E-state index is -0.320. The second kappa shape index (κ2) is 9.39. The van der Waals surface area contributed by atoms with Gasteiger partial charge < -0.3 is 10.6 Å². The number of unbranched alkanes of at least 4 members (excludes halogenated alkanes) is 2. The maximum atomic E-state index is 12.2. The lowest BCUT2D eigenvalue weighted by atomic mass is 10.2. The molecule has 0 aliphatic carbocycles. The average Bonchev–Trinajstić information content (AvgIpc) is 2.64. The van der Waals surface area contributed by atoms with E-state index in [0.29, 0.717) is 18.7 Å². The highest BCUT2D eigenvalue weighted by molar-refractivity contribution is 5.98. The molecule has 0 saturated carbocycles. The number of carbonyl (C=O) groups excluding carboxylic acids is 2. The molecule has 2 rings (SSSR count). The Morgan fingerprint density at radius 3 is 2.71 bits per heavy atom. The fourth-order valence-corrected chi connectivity index (χ4v) is 2.15. The molecule has 24 heavy (non-hydrogen) atoms. The predicted octanol–water partition coefficient (Wildman–Crippen LogP) is 2.33. The van der Waals surface area contributed by atoms with Crippen molar-refractivity contribution in [3.8, 4) is 0 Å². The van der Waals surface area contributed by atoms with Crippen LogP contribution in [-0.2, 0) is 6.54 Å². The van der Waals surface area contributed by atoms with E-state index in [0.717, 1.165) is 24.8 Å². The fraction of sp³-hybridized carbons (Fsp3) is 0.333. The Morgan fingerprint density at radius 2 is 1.96 bits per heavy atom. The zero-order chi connectivity index (χ0) is 17.2. The molecule has 0 spiro atoms. The number of hydrogen-bond donors (Lipinski definition) is 2. The summed E-state index contributed by atoms with van der Waals surface area (Å²) in [6, 6.07) is 6.80. The van der Waals surface area contributed by atoms with Crippen LogP contribution in [0.3, 0.4) is 0 Å². The summed E-state index contributed by atoms with van der Waals surface area (Å²) >= 11 is 0. The molecule has 6 nitrogen and oxygen atoms in total. The molecule has 0 aliphatic heterocycles. The van der Waals surface area contributed by atoms with Crippen LogP contribution in [0.5, 0.6) is 0 Å². The molecule has 0 unspecified atom stereocenters. The molecule has 2 amide bonds. The first-order valence-corrected chi connectivity index (χ1v) is 8.12. The fourth-order valence-electron chi connectivity index (χ4n) is 2.15. The van der Waals surface area contributed by atoms with Gasteiger partial charge in [0.25, 0.3) is 11.8 Å². The smallest absolute Gasteiger partial charge is 0.270 e. The van der Waals surface area contributed by atoms with Gasteiger partial charge in [-0.25, -0.2) is 0 Å². The number of carbonyl (C=O) groups is 2. The van der Waals surface area contributed by atoms with Gasteiger partial charge in [0.15, 0.2) is 0 Å². The van der Waals surface area contributed by atoms with Crippen molar-refractivity contribution in [3.63, 3.8) is 0 Å². The van der Waals surface area contributed by atoms with E-state index in [1.165, 1.54) is 12.3 Å². The van der Waals surface area contributed by atoms with Gasteiger partial charge in [-0.1, -0.05) is 25.8 Å². The van der Waals surface area contributed by atoms with Crippen LogP contribution in [0.25, 0.3) is 0 Å². The summed E-state index contributed by atoms with van der Waals surface area (Å²) in [5, 5.41) is 5.62. The van der Waals surface area contributed by atoms with Crippen molar-refractivity contribution in [2.45, 2.75) is 32.7 Å². The van der Waals surface area contributed by atoms with Gasteiger partial charge in [0.2, 0.25) is 0 Å². The Bertz CT molecular complexity index is 674. The first kappa shape index (κ1) is 17.6. The monoisotopic (exact) mass is 326 g/mol. The van der Waals surface area contributed by atoms with Gasteiger partial charge in [-0.2, -0.15) is 0 Å². The zero-order valence-electron chi connectivity index (χ0n) is 13.8. The molecule has 0 aromatic carbocycles. The second-order valence-electron chi connectivity index (χ2n) is 5.44. The quantitative estimate of drug-likeness (QED) is 0.729. The first-order valence-electron chi connectivity index (χ1n) is 8.12. The highest BCUT2D eigenvalue weighted by atomic mass is 16.2. The molecule has 0 aliphatic rings. The number of amides is 2. The summed E-state index contributed by atoms with van der Waals surface area (Å²) < 4.78 is 0. The van der Waals surface area contributed by atoms with Crippen LogP contribution in [0, 0.1) is 0 Å². The Morgan fingerprint density at radius 1 is 1.08 bits per heavy atom. The van der Waals surface area contributed by atoms with Gasteiger partial charge in [-0.3, -0.25) is 19.6 Å². The lowest BCUT2D eigenvalue weighted by molar-refractivity contribution is 0.0946. The minimum Gasteiger partial charge on any atom is -0.352 e. The second-order valence-corrected chi connectivity index (χ2v) is 5.44. The Hall–Kier alpha value is -2.76. The summed E-state index contributed by atoms with van der Waals surface area (Å²) in [4.78, 5) is 32.3. The van der Waals surface area contributed by atoms with Crippen molar-refractivity contribution in [3.05, 3.63) is 59.7 Å². The lowest BCUT2D eigenvalue weighted by Gasteiger charge is -2.07. The van der Waals surface area contributed by atoms with Crippen LogP contribution in [-0.4, -0.2) is 28.3 Å². The highest BCUT2D eigenvalue weighted by Gasteiger charge is 2.11. The maximum Gasteiger partial charge on any atom is 0.270 e. The summed E-state index contributed by atoms with van der Waals surface area (Å²) in [6.45, 7) is 3.11. The Balaban J connectivity index is 1.91. The molecular weight excluding hydrogens is 304 g/mol. The molecule has 0 atom stereocenters. The third-order valence-electron chi connectivity index (χ3n) is 3.50. The van der Waals surface area contributed by atoms with Gasteiger partial charge in [-0.05, 0) is 30.2 Å². The molecule has 0 bridgehead atoms.